The van der Waals surface area contributed by atoms with Crippen LogP contribution in [0.15, 0.2) is 0 Å². The van der Waals surface area contributed by atoms with E-state index in [1.54, 1.807) is 0 Å². The summed E-state index contributed by atoms with van der Waals surface area (Å²) in [5.74, 6) is -0.0767. The lowest BCUT2D eigenvalue weighted by atomic mass is 10.1. The van der Waals surface area contributed by atoms with Gasteiger partial charge in [0.25, 0.3) is 0 Å². The summed E-state index contributed by atoms with van der Waals surface area (Å²) in [6, 6.07) is 0.183. The van der Waals surface area contributed by atoms with Crippen molar-refractivity contribution >= 4 is 5.97 Å². The molecule has 0 bridgehead atoms. The average molecular weight is 215 g/mol. The molecule has 1 unspecified atom stereocenters. The number of nitrogens with two attached hydrogens (primary N) is 1. The van der Waals surface area contributed by atoms with Crippen LogP contribution in [0, 0.1) is 0 Å². The van der Waals surface area contributed by atoms with Gasteiger partial charge in [0.1, 0.15) is 0 Å². The summed E-state index contributed by atoms with van der Waals surface area (Å²) in [6.45, 7) is 4.70. The molecule has 1 atom stereocenters. The summed E-state index contributed by atoms with van der Waals surface area (Å²) in [5, 5.41) is 0. The van der Waals surface area contributed by atoms with E-state index < -0.39 is 0 Å². The fraction of sp³-hybridized carbons (Fsp3) is 0.917. The summed E-state index contributed by atoms with van der Waals surface area (Å²) < 4.78 is 5.09. The van der Waals surface area contributed by atoms with Gasteiger partial charge < -0.3 is 10.5 Å². The number of rotatable bonds is 9. The standard InChI is InChI=1S/C12H25NO2/c1-3-4-5-6-10-15-12(14)9-7-8-11(2)13/h11H,3-10,13H2,1-2H3. The third-order valence-corrected chi connectivity index (χ3v) is 2.30. The molecule has 0 aliphatic rings. The Morgan fingerprint density at radius 3 is 2.60 bits per heavy atom. The lowest BCUT2D eigenvalue weighted by Crippen LogP contribution is -2.15. The minimum atomic E-state index is -0.0767. The largest absolute Gasteiger partial charge is 0.466 e. The first-order valence-corrected chi connectivity index (χ1v) is 6.08. The van der Waals surface area contributed by atoms with E-state index in [1.165, 1.54) is 12.8 Å². The van der Waals surface area contributed by atoms with Gasteiger partial charge in [0.15, 0.2) is 0 Å². The maximum atomic E-state index is 11.2. The summed E-state index contributed by atoms with van der Waals surface area (Å²) in [4.78, 5) is 11.2. The van der Waals surface area contributed by atoms with Gasteiger partial charge in [-0.2, -0.15) is 0 Å². The van der Waals surface area contributed by atoms with Crippen molar-refractivity contribution < 1.29 is 9.53 Å². The second kappa shape index (κ2) is 9.97. The Labute approximate surface area is 93.4 Å². The quantitative estimate of drug-likeness (QED) is 0.475. The maximum Gasteiger partial charge on any atom is 0.305 e. The average Bonchev–Trinajstić information content (AvgIpc) is 2.17. The number of hydrogen-bond acceptors (Lipinski definition) is 3. The predicted molar refractivity (Wildman–Crippen MR) is 62.6 cm³/mol. The molecule has 0 heterocycles. The first-order valence-electron chi connectivity index (χ1n) is 6.08. The van der Waals surface area contributed by atoms with Gasteiger partial charge >= 0.3 is 5.97 Å². The first kappa shape index (κ1) is 14.4. The van der Waals surface area contributed by atoms with Gasteiger partial charge in [0.2, 0.25) is 0 Å². The van der Waals surface area contributed by atoms with Crippen molar-refractivity contribution in [2.24, 2.45) is 5.73 Å². The normalized spacial score (nSPS) is 12.5. The Morgan fingerprint density at radius 2 is 2.00 bits per heavy atom. The van der Waals surface area contributed by atoms with Gasteiger partial charge in [0, 0.05) is 12.5 Å². The molecule has 0 aromatic carbocycles. The van der Waals surface area contributed by atoms with E-state index in [0.29, 0.717) is 13.0 Å². The molecule has 0 rings (SSSR count). The molecule has 0 saturated heterocycles. The lowest BCUT2D eigenvalue weighted by molar-refractivity contribution is -0.143. The predicted octanol–water partition coefficient (Wildman–Crippen LogP) is 2.63. The molecular formula is C12H25NO2. The van der Waals surface area contributed by atoms with Crippen molar-refractivity contribution in [1.82, 2.24) is 0 Å². The molecule has 90 valence electrons. The van der Waals surface area contributed by atoms with Crippen LogP contribution >= 0.6 is 0 Å². The van der Waals surface area contributed by atoms with E-state index in [9.17, 15) is 4.79 Å². The molecule has 0 aromatic rings. The van der Waals surface area contributed by atoms with Crippen LogP contribution in [0.2, 0.25) is 0 Å². The van der Waals surface area contributed by atoms with Gasteiger partial charge in [-0.15, -0.1) is 0 Å². The number of unbranched alkanes of at least 4 members (excludes halogenated alkanes) is 3. The van der Waals surface area contributed by atoms with Crippen LogP contribution in [0.5, 0.6) is 0 Å². The molecule has 0 fully saturated rings. The molecule has 2 N–H and O–H groups in total. The second-order valence-corrected chi connectivity index (χ2v) is 4.15. The topological polar surface area (TPSA) is 52.3 Å². The van der Waals surface area contributed by atoms with E-state index in [-0.39, 0.29) is 12.0 Å². The van der Waals surface area contributed by atoms with Crippen LogP contribution in [-0.2, 0) is 9.53 Å². The smallest absolute Gasteiger partial charge is 0.305 e. The zero-order valence-corrected chi connectivity index (χ0v) is 10.1. The number of hydrogen-bond donors (Lipinski definition) is 1. The summed E-state index contributed by atoms with van der Waals surface area (Å²) in [7, 11) is 0. The number of carbonyl (C=O) groups excluding carboxylic acids is 1. The molecule has 0 saturated carbocycles. The van der Waals surface area contributed by atoms with Crippen molar-refractivity contribution in [1.29, 1.82) is 0 Å². The fourth-order valence-corrected chi connectivity index (χ4v) is 1.36. The zero-order valence-electron chi connectivity index (χ0n) is 10.1. The van der Waals surface area contributed by atoms with Gasteiger partial charge in [-0.05, 0) is 26.2 Å². The fourth-order valence-electron chi connectivity index (χ4n) is 1.36. The van der Waals surface area contributed by atoms with Crippen LogP contribution in [0.25, 0.3) is 0 Å². The van der Waals surface area contributed by atoms with E-state index in [4.69, 9.17) is 10.5 Å². The maximum absolute atomic E-state index is 11.2. The molecule has 0 amide bonds. The van der Waals surface area contributed by atoms with Crippen LogP contribution in [0.3, 0.4) is 0 Å². The molecule has 0 aliphatic heterocycles. The zero-order chi connectivity index (χ0) is 11.5. The molecule has 0 aliphatic carbocycles. The Morgan fingerprint density at radius 1 is 1.27 bits per heavy atom. The van der Waals surface area contributed by atoms with Crippen molar-refractivity contribution in [3.8, 4) is 0 Å². The van der Waals surface area contributed by atoms with Gasteiger partial charge in [-0.3, -0.25) is 4.79 Å². The molecular weight excluding hydrogens is 190 g/mol. The van der Waals surface area contributed by atoms with Crippen molar-refractivity contribution in [3.63, 3.8) is 0 Å². The van der Waals surface area contributed by atoms with Crippen molar-refractivity contribution in [2.75, 3.05) is 6.61 Å². The number of carbonyl (C=O) groups is 1. The van der Waals surface area contributed by atoms with E-state index in [0.717, 1.165) is 25.7 Å². The summed E-state index contributed by atoms with van der Waals surface area (Å²) in [5.41, 5.74) is 5.58. The molecule has 15 heavy (non-hydrogen) atoms. The highest BCUT2D eigenvalue weighted by Crippen LogP contribution is 2.02. The van der Waals surface area contributed by atoms with Crippen LogP contribution in [-0.4, -0.2) is 18.6 Å². The lowest BCUT2D eigenvalue weighted by Gasteiger charge is -2.05. The number of ether oxygens (including phenoxy) is 1. The Bertz CT molecular complexity index is 158. The summed E-state index contributed by atoms with van der Waals surface area (Å²) in [6.07, 6.45) is 6.83. The van der Waals surface area contributed by atoms with E-state index >= 15 is 0 Å². The Balaban J connectivity index is 3.19. The highest BCUT2D eigenvalue weighted by Gasteiger charge is 2.03. The monoisotopic (exact) mass is 215 g/mol. The second-order valence-electron chi connectivity index (χ2n) is 4.15. The number of esters is 1. The van der Waals surface area contributed by atoms with Crippen molar-refractivity contribution in [2.45, 2.75) is 64.8 Å². The third kappa shape index (κ3) is 11.4. The minimum absolute atomic E-state index is 0.0767. The van der Waals surface area contributed by atoms with Crippen LogP contribution in [0.1, 0.15) is 58.8 Å². The molecule has 3 heteroatoms. The van der Waals surface area contributed by atoms with Gasteiger partial charge in [-0.25, -0.2) is 0 Å². The van der Waals surface area contributed by atoms with E-state index in [1.807, 2.05) is 6.92 Å². The van der Waals surface area contributed by atoms with Gasteiger partial charge in [0.05, 0.1) is 6.61 Å². The SMILES string of the molecule is CCCCCCOC(=O)CCCC(C)N. The molecule has 3 nitrogen and oxygen atoms in total. The van der Waals surface area contributed by atoms with Crippen LogP contribution in [0.4, 0.5) is 0 Å². The first-order chi connectivity index (χ1) is 7.16. The molecule has 0 radical (unpaired) electrons. The summed E-state index contributed by atoms with van der Waals surface area (Å²) >= 11 is 0. The Hall–Kier alpha value is -0.570. The minimum Gasteiger partial charge on any atom is -0.466 e. The highest BCUT2D eigenvalue weighted by molar-refractivity contribution is 5.69. The van der Waals surface area contributed by atoms with E-state index in [2.05, 4.69) is 6.92 Å². The van der Waals surface area contributed by atoms with Crippen molar-refractivity contribution in [3.05, 3.63) is 0 Å². The highest BCUT2D eigenvalue weighted by atomic mass is 16.5. The van der Waals surface area contributed by atoms with Crippen LogP contribution < -0.4 is 5.73 Å². The molecule has 0 aromatic heterocycles. The molecule has 0 spiro atoms. The Kier molecular flexibility index (Phi) is 9.59. The van der Waals surface area contributed by atoms with Gasteiger partial charge in [-0.1, -0.05) is 26.2 Å². The third-order valence-electron chi connectivity index (χ3n) is 2.30.